The van der Waals surface area contributed by atoms with E-state index in [-0.39, 0.29) is 6.42 Å². The van der Waals surface area contributed by atoms with E-state index < -0.39 is 23.9 Å². The lowest BCUT2D eigenvalue weighted by Crippen LogP contribution is -2.30. The number of hydrogen-bond acceptors (Lipinski definition) is 4. The molecule has 170 valence electrons. The van der Waals surface area contributed by atoms with Crippen LogP contribution in [0.25, 0.3) is 22.2 Å². The van der Waals surface area contributed by atoms with Crippen LogP contribution in [0.3, 0.4) is 0 Å². The van der Waals surface area contributed by atoms with Gasteiger partial charge in [-0.2, -0.15) is 0 Å². The van der Waals surface area contributed by atoms with Crippen LogP contribution in [-0.2, 0) is 9.53 Å². The lowest BCUT2D eigenvalue weighted by Gasteiger charge is -2.25. The maximum Gasteiger partial charge on any atom is 0.307 e. The van der Waals surface area contributed by atoms with Crippen LogP contribution in [-0.4, -0.2) is 16.9 Å². The summed E-state index contributed by atoms with van der Waals surface area (Å²) in [4.78, 5) is 32.5. The SMILES string of the molecule is CCC(=O)OC1c2c(-c3ccc(Cl)cc3)nc3ccc(Cl)cc3c2C(=O)N1c1ccc(F)cc1. The normalized spacial score (nSPS) is 15.0. The number of carbonyl (C=O) groups is 2. The number of benzene rings is 3. The smallest absolute Gasteiger partial charge is 0.307 e. The highest BCUT2D eigenvalue weighted by molar-refractivity contribution is 6.32. The van der Waals surface area contributed by atoms with Crippen molar-refractivity contribution in [2.24, 2.45) is 0 Å². The molecule has 0 saturated carbocycles. The lowest BCUT2D eigenvalue weighted by molar-refractivity contribution is -0.148. The Hall–Kier alpha value is -3.48. The number of fused-ring (bicyclic) bond motifs is 3. The zero-order chi connectivity index (χ0) is 24.0. The van der Waals surface area contributed by atoms with Crippen molar-refractivity contribution in [3.05, 3.63) is 93.7 Å². The molecular weight excluding hydrogens is 478 g/mol. The van der Waals surface area contributed by atoms with Crippen molar-refractivity contribution in [2.75, 3.05) is 4.90 Å². The molecule has 1 aliphatic rings. The second-order valence-corrected chi connectivity index (χ2v) is 8.64. The van der Waals surface area contributed by atoms with E-state index in [4.69, 9.17) is 32.9 Å². The predicted molar refractivity (Wildman–Crippen MR) is 130 cm³/mol. The van der Waals surface area contributed by atoms with Crippen molar-refractivity contribution in [1.82, 2.24) is 4.98 Å². The summed E-state index contributed by atoms with van der Waals surface area (Å²) in [6, 6.07) is 17.5. The summed E-state index contributed by atoms with van der Waals surface area (Å²) in [6.07, 6.45) is -0.984. The molecule has 0 saturated heterocycles. The number of rotatable bonds is 4. The molecule has 0 fully saturated rings. The zero-order valence-corrected chi connectivity index (χ0v) is 19.4. The molecule has 1 unspecified atom stereocenters. The monoisotopic (exact) mass is 494 g/mol. The Morgan fingerprint density at radius 2 is 1.71 bits per heavy atom. The topological polar surface area (TPSA) is 59.5 Å². The molecule has 5 nitrogen and oxygen atoms in total. The average Bonchev–Trinajstić information content (AvgIpc) is 3.12. The zero-order valence-electron chi connectivity index (χ0n) is 17.9. The van der Waals surface area contributed by atoms with E-state index in [0.29, 0.717) is 49.0 Å². The Morgan fingerprint density at radius 1 is 1.03 bits per heavy atom. The van der Waals surface area contributed by atoms with Crippen LogP contribution < -0.4 is 4.90 Å². The maximum atomic E-state index is 13.9. The van der Waals surface area contributed by atoms with Crippen molar-refractivity contribution in [1.29, 1.82) is 0 Å². The van der Waals surface area contributed by atoms with Crippen LogP contribution in [0, 0.1) is 5.82 Å². The van der Waals surface area contributed by atoms with Gasteiger partial charge in [-0.25, -0.2) is 9.37 Å². The molecule has 0 spiro atoms. The van der Waals surface area contributed by atoms with Crippen LogP contribution in [0.2, 0.25) is 10.0 Å². The largest absolute Gasteiger partial charge is 0.437 e. The average molecular weight is 495 g/mol. The van der Waals surface area contributed by atoms with Gasteiger partial charge in [0.05, 0.1) is 22.3 Å². The number of hydrogen-bond donors (Lipinski definition) is 0. The highest BCUT2D eigenvalue weighted by Gasteiger charge is 2.44. The Morgan fingerprint density at radius 3 is 2.38 bits per heavy atom. The van der Waals surface area contributed by atoms with Gasteiger partial charge in [0.2, 0.25) is 6.23 Å². The number of pyridine rings is 1. The molecule has 1 aliphatic heterocycles. The summed E-state index contributed by atoms with van der Waals surface area (Å²) in [7, 11) is 0. The Bertz CT molecular complexity index is 1440. The fraction of sp³-hybridized carbons (Fsp3) is 0.115. The third-order valence-corrected chi connectivity index (χ3v) is 6.14. The summed E-state index contributed by atoms with van der Waals surface area (Å²) in [5.74, 6) is -1.35. The number of ether oxygens (including phenoxy) is 1. The molecule has 1 aromatic heterocycles. The van der Waals surface area contributed by atoms with Crippen molar-refractivity contribution in [3.63, 3.8) is 0 Å². The molecule has 5 rings (SSSR count). The lowest BCUT2D eigenvalue weighted by atomic mass is 9.98. The first-order chi connectivity index (χ1) is 16.4. The molecule has 2 heterocycles. The molecule has 8 heteroatoms. The number of aromatic nitrogens is 1. The van der Waals surface area contributed by atoms with Crippen LogP contribution in [0.5, 0.6) is 0 Å². The van der Waals surface area contributed by atoms with Gasteiger partial charge in [-0.05, 0) is 54.6 Å². The van der Waals surface area contributed by atoms with Crippen molar-refractivity contribution >= 4 is 51.7 Å². The van der Waals surface area contributed by atoms with Gasteiger partial charge in [0.1, 0.15) is 5.82 Å². The third kappa shape index (κ3) is 3.79. The van der Waals surface area contributed by atoms with E-state index in [9.17, 15) is 14.0 Å². The summed E-state index contributed by atoms with van der Waals surface area (Å²) in [5, 5.41) is 1.52. The van der Waals surface area contributed by atoms with Gasteiger partial charge in [-0.15, -0.1) is 0 Å². The second-order valence-electron chi connectivity index (χ2n) is 7.76. The number of nitrogens with zero attached hydrogens (tertiary/aromatic N) is 2. The summed E-state index contributed by atoms with van der Waals surface area (Å²) >= 11 is 12.3. The molecule has 4 aromatic rings. The molecule has 3 aromatic carbocycles. The minimum atomic E-state index is -1.10. The third-order valence-electron chi connectivity index (χ3n) is 5.65. The van der Waals surface area contributed by atoms with Gasteiger partial charge < -0.3 is 4.74 Å². The number of esters is 1. The fourth-order valence-corrected chi connectivity index (χ4v) is 4.38. The second kappa shape index (κ2) is 8.70. The first-order valence-corrected chi connectivity index (χ1v) is 11.3. The van der Waals surface area contributed by atoms with E-state index in [0.717, 1.165) is 0 Å². The first kappa shape index (κ1) is 22.3. The quantitative estimate of drug-likeness (QED) is 0.287. The van der Waals surface area contributed by atoms with E-state index in [2.05, 4.69) is 0 Å². The fourth-order valence-electron chi connectivity index (χ4n) is 4.08. The highest BCUT2D eigenvalue weighted by atomic mass is 35.5. The van der Waals surface area contributed by atoms with Crippen LogP contribution in [0.4, 0.5) is 10.1 Å². The Kier molecular flexibility index (Phi) is 5.71. The predicted octanol–water partition coefficient (Wildman–Crippen LogP) is 6.96. The van der Waals surface area contributed by atoms with Crippen molar-refractivity contribution in [2.45, 2.75) is 19.6 Å². The minimum absolute atomic E-state index is 0.112. The van der Waals surface area contributed by atoms with E-state index in [1.165, 1.54) is 29.2 Å². The Balaban J connectivity index is 1.83. The molecule has 1 amide bonds. The van der Waals surface area contributed by atoms with Crippen LogP contribution in [0.15, 0.2) is 66.7 Å². The summed E-state index contributed by atoms with van der Waals surface area (Å²) < 4.78 is 19.4. The molecule has 0 bridgehead atoms. The Labute approximate surface area is 204 Å². The van der Waals surface area contributed by atoms with Crippen LogP contribution in [0.1, 0.15) is 35.5 Å². The number of amides is 1. The summed E-state index contributed by atoms with van der Waals surface area (Å²) in [6.45, 7) is 1.67. The van der Waals surface area contributed by atoms with Gasteiger partial charge in [0.15, 0.2) is 0 Å². The standard InChI is InChI=1S/C26H17Cl2FN2O3/c1-2-21(32)34-26-23-22(25(33)31(26)18-10-8-17(29)9-11-18)19-13-16(28)7-12-20(19)30-24(23)14-3-5-15(27)6-4-14/h3-13,26H,2H2,1H3. The van der Waals surface area contributed by atoms with E-state index in [1.54, 1.807) is 49.4 Å². The van der Waals surface area contributed by atoms with Crippen molar-refractivity contribution < 1.29 is 18.7 Å². The molecule has 34 heavy (non-hydrogen) atoms. The molecule has 0 aliphatic carbocycles. The van der Waals surface area contributed by atoms with Gasteiger partial charge in [-0.1, -0.05) is 42.3 Å². The van der Waals surface area contributed by atoms with E-state index in [1.807, 2.05) is 0 Å². The minimum Gasteiger partial charge on any atom is -0.437 e. The number of halogens is 3. The van der Waals surface area contributed by atoms with Gasteiger partial charge >= 0.3 is 5.97 Å². The van der Waals surface area contributed by atoms with Gasteiger partial charge in [0, 0.05) is 33.1 Å². The highest BCUT2D eigenvalue weighted by Crippen LogP contribution is 2.46. The maximum absolute atomic E-state index is 13.9. The van der Waals surface area contributed by atoms with E-state index >= 15 is 0 Å². The first-order valence-electron chi connectivity index (χ1n) is 10.5. The summed E-state index contributed by atoms with van der Waals surface area (Å²) in [5.41, 5.74) is 2.89. The van der Waals surface area contributed by atoms with Gasteiger partial charge in [-0.3, -0.25) is 14.5 Å². The van der Waals surface area contributed by atoms with Crippen molar-refractivity contribution in [3.8, 4) is 11.3 Å². The molecule has 1 atom stereocenters. The molecule has 0 N–H and O–H groups in total. The van der Waals surface area contributed by atoms with Gasteiger partial charge in [0.25, 0.3) is 5.91 Å². The molecular formula is C26H17Cl2FN2O3. The van der Waals surface area contributed by atoms with Crippen LogP contribution >= 0.6 is 23.2 Å². The number of carbonyl (C=O) groups excluding carboxylic acids is 2. The molecule has 0 radical (unpaired) electrons. The number of anilines is 1.